The van der Waals surface area contributed by atoms with E-state index in [-0.39, 0.29) is 5.69 Å². The molecule has 0 aliphatic carbocycles. The number of nitrogens with one attached hydrogen (secondary N) is 1. The van der Waals surface area contributed by atoms with E-state index in [1.165, 1.54) is 18.0 Å². The molecule has 2 N–H and O–H groups in total. The molecule has 21 heavy (non-hydrogen) atoms. The van der Waals surface area contributed by atoms with Crippen LogP contribution in [0.3, 0.4) is 0 Å². The second kappa shape index (κ2) is 7.03. The third-order valence-electron chi connectivity index (χ3n) is 2.90. The highest BCUT2D eigenvalue weighted by molar-refractivity contribution is 7.98. The lowest BCUT2D eigenvalue weighted by Crippen LogP contribution is -2.41. The fraction of sp³-hybridized carbons (Fsp3) is 0.286. The van der Waals surface area contributed by atoms with E-state index in [1.54, 1.807) is 18.2 Å². The van der Waals surface area contributed by atoms with Crippen LogP contribution in [0.25, 0.3) is 11.0 Å². The first-order chi connectivity index (χ1) is 10.1. The van der Waals surface area contributed by atoms with E-state index >= 15 is 0 Å². The van der Waals surface area contributed by atoms with Crippen molar-refractivity contribution in [2.45, 2.75) is 12.5 Å². The van der Waals surface area contributed by atoms with Crippen molar-refractivity contribution >= 4 is 34.7 Å². The first-order valence-corrected chi connectivity index (χ1v) is 7.75. The molecule has 1 amide bonds. The molecule has 0 unspecified atom stereocenters. The summed E-state index contributed by atoms with van der Waals surface area (Å²) in [5.41, 5.74) is 1.40. The van der Waals surface area contributed by atoms with Gasteiger partial charge in [0.05, 0.1) is 17.2 Å². The Morgan fingerprint density at radius 2 is 2.05 bits per heavy atom. The van der Waals surface area contributed by atoms with Gasteiger partial charge in [-0.15, -0.1) is 0 Å². The van der Waals surface area contributed by atoms with Gasteiger partial charge in [-0.1, -0.05) is 12.1 Å². The van der Waals surface area contributed by atoms with Gasteiger partial charge in [0.2, 0.25) is 0 Å². The van der Waals surface area contributed by atoms with Gasteiger partial charge in [0.25, 0.3) is 5.91 Å². The Kier molecular flexibility index (Phi) is 5.10. The average Bonchev–Trinajstić information content (AvgIpc) is 2.50. The van der Waals surface area contributed by atoms with Crippen LogP contribution in [-0.4, -0.2) is 45.0 Å². The maximum atomic E-state index is 12.1. The second-order valence-electron chi connectivity index (χ2n) is 4.39. The quantitative estimate of drug-likeness (QED) is 0.841. The maximum absolute atomic E-state index is 12.1. The highest BCUT2D eigenvalue weighted by atomic mass is 32.2. The zero-order valence-electron chi connectivity index (χ0n) is 11.4. The molecule has 0 aliphatic rings. The molecule has 0 aliphatic heterocycles. The van der Waals surface area contributed by atoms with Gasteiger partial charge >= 0.3 is 5.97 Å². The van der Waals surface area contributed by atoms with Crippen LogP contribution < -0.4 is 5.32 Å². The molecular formula is C14H15N3O3S. The van der Waals surface area contributed by atoms with Crippen molar-refractivity contribution in [3.8, 4) is 0 Å². The SMILES string of the molecule is CSCC[C@H](NC(=O)c1cnc2ccccc2n1)C(=O)O. The summed E-state index contributed by atoms with van der Waals surface area (Å²) in [6.45, 7) is 0. The molecule has 110 valence electrons. The molecule has 0 radical (unpaired) electrons. The lowest BCUT2D eigenvalue weighted by Gasteiger charge is -2.13. The van der Waals surface area contributed by atoms with Gasteiger partial charge in [0, 0.05) is 0 Å². The number of thioether (sulfide) groups is 1. The van der Waals surface area contributed by atoms with Crippen LogP contribution in [0.5, 0.6) is 0 Å². The summed E-state index contributed by atoms with van der Waals surface area (Å²) in [6.07, 6.45) is 3.60. The first-order valence-electron chi connectivity index (χ1n) is 6.36. The maximum Gasteiger partial charge on any atom is 0.326 e. The Bertz CT molecular complexity index is 663. The molecule has 6 nitrogen and oxygen atoms in total. The largest absolute Gasteiger partial charge is 0.480 e. The minimum absolute atomic E-state index is 0.115. The van der Waals surface area contributed by atoms with Gasteiger partial charge in [-0.05, 0) is 30.6 Å². The number of carboxylic acid groups (broad SMARTS) is 1. The molecule has 0 bridgehead atoms. The monoisotopic (exact) mass is 305 g/mol. The van der Waals surface area contributed by atoms with E-state index in [2.05, 4.69) is 15.3 Å². The van der Waals surface area contributed by atoms with Crippen molar-refractivity contribution < 1.29 is 14.7 Å². The van der Waals surface area contributed by atoms with Gasteiger partial charge in [-0.3, -0.25) is 9.78 Å². The molecule has 1 heterocycles. The summed E-state index contributed by atoms with van der Waals surface area (Å²) >= 11 is 1.53. The van der Waals surface area contributed by atoms with Crippen LogP contribution in [0.15, 0.2) is 30.5 Å². The number of hydrogen-bond donors (Lipinski definition) is 2. The highest BCUT2D eigenvalue weighted by Crippen LogP contribution is 2.09. The number of carbonyl (C=O) groups is 2. The number of aliphatic carboxylic acids is 1. The summed E-state index contributed by atoms with van der Waals surface area (Å²) < 4.78 is 0. The number of rotatable bonds is 6. The number of nitrogens with zero attached hydrogens (tertiary/aromatic N) is 2. The summed E-state index contributed by atoms with van der Waals surface area (Å²) in [6, 6.07) is 6.26. The Balaban J connectivity index is 2.15. The van der Waals surface area contributed by atoms with E-state index in [0.717, 1.165) is 0 Å². The third-order valence-corrected chi connectivity index (χ3v) is 3.54. The van der Waals surface area contributed by atoms with Crippen molar-refractivity contribution in [2.75, 3.05) is 12.0 Å². The van der Waals surface area contributed by atoms with Crippen LogP contribution in [-0.2, 0) is 4.79 Å². The summed E-state index contributed by atoms with van der Waals surface area (Å²) in [4.78, 5) is 31.5. The summed E-state index contributed by atoms with van der Waals surface area (Å²) in [7, 11) is 0. The number of carboxylic acids is 1. The lowest BCUT2D eigenvalue weighted by molar-refractivity contribution is -0.139. The van der Waals surface area contributed by atoms with Crippen LogP contribution in [0.2, 0.25) is 0 Å². The fourth-order valence-corrected chi connectivity index (χ4v) is 2.26. The Morgan fingerprint density at radius 3 is 2.71 bits per heavy atom. The molecular weight excluding hydrogens is 290 g/mol. The van der Waals surface area contributed by atoms with Crippen molar-refractivity contribution in [1.82, 2.24) is 15.3 Å². The van der Waals surface area contributed by atoms with Gasteiger partial charge in [-0.2, -0.15) is 11.8 Å². The van der Waals surface area contributed by atoms with Crippen molar-refractivity contribution in [2.24, 2.45) is 0 Å². The lowest BCUT2D eigenvalue weighted by atomic mass is 10.2. The predicted octanol–water partition coefficient (Wildman–Crippen LogP) is 1.57. The van der Waals surface area contributed by atoms with E-state index < -0.39 is 17.9 Å². The molecule has 7 heteroatoms. The van der Waals surface area contributed by atoms with Crippen LogP contribution >= 0.6 is 11.8 Å². The van der Waals surface area contributed by atoms with Crippen molar-refractivity contribution in [3.05, 3.63) is 36.2 Å². The normalized spacial score (nSPS) is 12.0. The van der Waals surface area contributed by atoms with E-state index in [4.69, 9.17) is 5.11 Å². The zero-order chi connectivity index (χ0) is 15.2. The zero-order valence-corrected chi connectivity index (χ0v) is 12.3. The Morgan fingerprint density at radius 1 is 1.33 bits per heavy atom. The van der Waals surface area contributed by atoms with Crippen molar-refractivity contribution in [1.29, 1.82) is 0 Å². The van der Waals surface area contributed by atoms with Crippen LogP contribution in [0.4, 0.5) is 0 Å². The molecule has 0 saturated heterocycles. The molecule has 0 fully saturated rings. The van der Waals surface area contributed by atoms with E-state index in [0.29, 0.717) is 23.2 Å². The third kappa shape index (κ3) is 3.91. The summed E-state index contributed by atoms with van der Waals surface area (Å²) in [5, 5.41) is 11.6. The first kappa shape index (κ1) is 15.2. The molecule has 1 aromatic heterocycles. The fourth-order valence-electron chi connectivity index (χ4n) is 1.79. The number of amides is 1. The topological polar surface area (TPSA) is 92.2 Å². The number of benzene rings is 1. The molecule has 1 aromatic carbocycles. The number of aromatic nitrogens is 2. The number of hydrogen-bond acceptors (Lipinski definition) is 5. The minimum atomic E-state index is -1.05. The minimum Gasteiger partial charge on any atom is -0.480 e. The molecule has 0 saturated carbocycles. The van der Waals surface area contributed by atoms with Crippen molar-refractivity contribution in [3.63, 3.8) is 0 Å². The van der Waals surface area contributed by atoms with E-state index in [9.17, 15) is 9.59 Å². The second-order valence-corrected chi connectivity index (χ2v) is 5.38. The molecule has 2 aromatic rings. The van der Waals surface area contributed by atoms with Gasteiger partial charge < -0.3 is 10.4 Å². The number of carbonyl (C=O) groups excluding carboxylic acids is 1. The standard InChI is InChI=1S/C14H15N3O3S/c1-21-7-6-11(14(19)20)17-13(18)12-8-15-9-4-2-3-5-10(9)16-12/h2-5,8,11H,6-7H2,1H3,(H,17,18)(H,19,20)/t11-/m0/s1. The van der Waals surface area contributed by atoms with Crippen LogP contribution in [0.1, 0.15) is 16.9 Å². The number of para-hydroxylation sites is 2. The van der Waals surface area contributed by atoms with E-state index in [1.807, 2.05) is 12.3 Å². The Hall–Kier alpha value is -2.15. The average molecular weight is 305 g/mol. The van der Waals surface area contributed by atoms with Crippen LogP contribution in [0, 0.1) is 0 Å². The van der Waals surface area contributed by atoms with Gasteiger partial charge in [-0.25, -0.2) is 9.78 Å². The van der Waals surface area contributed by atoms with Gasteiger partial charge in [0.1, 0.15) is 11.7 Å². The number of fused-ring (bicyclic) bond motifs is 1. The summed E-state index contributed by atoms with van der Waals surface area (Å²) in [5.74, 6) is -0.923. The molecule has 0 spiro atoms. The smallest absolute Gasteiger partial charge is 0.326 e. The van der Waals surface area contributed by atoms with Gasteiger partial charge in [0.15, 0.2) is 0 Å². The molecule has 1 atom stereocenters. The Labute approximate surface area is 126 Å². The highest BCUT2D eigenvalue weighted by Gasteiger charge is 2.21. The predicted molar refractivity (Wildman–Crippen MR) is 81.4 cm³/mol. The molecule has 2 rings (SSSR count).